The number of amides is 3. The fourth-order valence-corrected chi connectivity index (χ4v) is 3.17. The zero-order valence-electron chi connectivity index (χ0n) is 16.1. The van der Waals surface area contributed by atoms with Crippen LogP contribution in [0.3, 0.4) is 0 Å². The van der Waals surface area contributed by atoms with Gasteiger partial charge in [0.25, 0.3) is 0 Å². The molecule has 0 bridgehead atoms. The summed E-state index contributed by atoms with van der Waals surface area (Å²) in [4.78, 5) is 38.0. The van der Waals surface area contributed by atoms with Gasteiger partial charge in [0.2, 0.25) is 17.7 Å². The summed E-state index contributed by atoms with van der Waals surface area (Å²) in [5.74, 6) is -0.225. The molecule has 146 valence electrons. The Kier molecular flexibility index (Phi) is 5.63. The molecule has 1 unspecified atom stereocenters. The second kappa shape index (κ2) is 8.12. The highest BCUT2D eigenvalue weighted by Gasteiger charge is 2.35. The number of aryl methyl sites for hydroxylation is 1. The van der Waals surface area contributed by atoms with E-state index >= 15 is 0 Å². The summed E-state index contributed by atoms with van der Waals surface area (Å²) in [5.41, 5.74) is 2.84. The molecule has 7 nitrogen and oxygen atoms in total. The SMILES string of the molecule is COc1ccc(N2CC(C(=O)Nc3cc(NC(C)=O)ccc3C)CC2=O)cc1. The topological polar surface area (TPSA) is 87.7 Å². The molecular formula is C21H23N3O4. The van der Waals surface area contributed by atoms with Gasteiger partial charge in [0.15, 0.2) is 0 Å². The van der Waals surface area contributed by atoms with E-state index in [9.17, 15) is 14.4 Å². The lowest BCUT2D eigenvalue weighted by Crippen LogP contribution is -2.28. The van der Waals surface area contributed by atoms with E-state index in [4.69, 9.17) is 4.74 Å². The molecule has 1 aliphatic heterocycles. The minimum absolute atomic E-state index is 0.0889. The number of rotatable bonds is 5. The van der Waals surface area contributed by atoms with Gasteiger partial charge in [-0.05, 0) is 48.9 Å². The Morgan fingerprint density at radius 1 is 1.11 bits per heavy atom. The van der Waals surface area contributed by atoms with E-state index in [1.54, 1.807) is 48.4 Å². The third kappa shape index (κ3) is 4.31. The van der Waals surface area contributed by atoms with Crippen LogP contribution < -0.4 is 20.3 Å². The monoisotopic (exact) mass is 381 g/mol. The summed E-state index contributed by atoms with van der Waals surface area (Å²) in [6.45, 7) is 3.62. The summed E-state index contributed by atoms with van der Waals surface area (Å²) in [7, 11) is 1.58. The summed E-state index contributed by atoms with van der Waals surface area (Å²) >= 11 is 0. The standard InChI is InChI=1S/C21H23N3O4/c1-13-4-5-16(22-14(2)25)11-19(13)23-21(27)15-10-20(26)24(12-15)17-6-8-18(28-3)9-7-17/h4-9,11,15H,10,12H2,1-3H3,(H,22,25)(H,23,27). The number of carbonyl (C=O) groups is 3. The molecule has 28 heavy (non-hydrogen) atoms. The van der Waals surface area contributed by atoms with Gasteiger partial charge in [0, 0.05) is 37.0 Å². The van der Waals surface area contributed by atoms with Crippen LogP contribution in [0.15, 0.2) is 42.5 Å². The van der Waals surface area contributed by atoms with Gasteiger partial charge in [-0.1, -0.05) is 6.07 Å². The number of methoxy groups -OCH3 is 1. The van der Waals surface area contributed by atoms with E-state index in [2.05, 4.69) is 10.6 Å². The molecule has 1 saturated heterocycles. The molecule has 1 atom stereocenters. The van der Waals surface area contributed by atoms with Crippen LogP contribution in [-0.2, 0) is 14.4 Å². The first-order valence-corrected chi connectivity index (χ1v) is 9.01. The number of nitrogens with one attached hydrogen (secondary N) is 2. The van der Waals surface area contributed by atoms with Crippen molar-refractivity contribution in [1.29, 1.82) is 0 Å². The van der Waals surface area contributed by atoms with E-state index in [1.165, 1.54) is 6.92 Å². The average Bonchev–Trinajstić information content (AvgIpc) is 3.06. The van der Waals surface area contributed by atoms with Crippen LogP contribution in [0.1, 0.15) is 18.9 Å². The van der Waals surface area contributed by atoms with Crippen LogP contribution in [0, 0.1) is 12.8 Å². The van der Waals surface area contributed by atoms with Crippen molar-refractivity contribution >= 4 is 34.8 Å². The molecule has 0 spiro atoms. The van der Waals surface area contributed by atoms with Gasteiger partial charge >= 0.3 is 0 Å². The van der Waals surface area contributed by atoms with Crippen molar-refractivity contribution in [2.24, 2.45) is 5.92 Å². The predicted molar refractivity (Wildman–Crippen MR) is 108 cm³/mol. The summed E-state index contributed by atoms with van der Waals surface area (Å²) < 4.78 is 5.14. The van der Waals surface area contributed by atoms with Gasteiger partial charge in [-0.2, -0.15) is 0 Å². The molecule has 1 aliphatic rings. The van der Waals surface area contributed by atoms with Crippen molar-refractivity contribution in [3.63, 3.8) is 0 Å². The van der Waals surface area contributed by atoms with Gasteiger partial charge < -0.3 is 20.3 Å². The molecule has 3 amide bonds. The smallest absolute Gasteiger partial charge is 0.229 e. The third-order valence-corrected chi connectivity index (χ3v) is 4.70. The van der Waals surface area contributed by atoms with E-state index in [0.29, 0.717) is 23.7 Å². The van der Waals surface area contributed by atoms with Crippen LogP contribution in [0.25, 0.3) is 0 Å². The minimum atomic E-state index is -0.446. The first kappa shape index (κ1) is 19.4. The average molecular weight is 381 g/mol. The molecule has 0 aliphatic carbocycles. The largest absolute Gasteiger partial charge is 0.497 e. The number of benzene rings is 2. The highest BCUT2D eigenvalue weighted by molar-refractivity contribution is 6.04. The van der Waals surface area contributed by atoms with Crippen molar-refractivity contribution in [3.8, 4) is 5.75 Å². The van der Waals surface area contributed by atoms with Crippen LogP contribution >= 0.6 is 0 Å². The molecule has 0 aromatic heterocycles. The Morgan fingerprint density at radius 3 is 2.46 bits per heavy atom. The summed E-state index contributed by atoms with van der Waals surface area (Å²) in [6, 6.07) is 12.5. The van der Waals surface area contributed by atoms with Crippen molar-refractivity contribution in [3.05, 3.63) is 48.0 Å². The second-order valence-corrected chi connectivity index (χ2v) is 6.80. The molecule has 3 rings (SSSR count). The number of carbonyl (C=O) groups excluding carboxylic acids is 3. The second-order valence-electron chi connectivity index (χ2n) is 6.80. The van der Waals surface area contributed by atoms with Crippen LogP contribution in [0.2, 0.25) is 0 Å². The lowest BCUT2D eigenvalue weighted by atomic mass is 10.1. The summed E-state index contributed by atoms with van der Waals surface area (Å²) in [5, 5.41) is 5.58. The lowest BCUT2D eigenvalue weighted by Gasteiger charge is -2.17. The van der Waals surface area contributed by atoms with Crippen molar-refractivity contribution in [2.75, 3.05) is 29.2 Å². The van der Waals surface area contributed by atoms with Crippen LogP contribution in [0.5, 0.6) is 5.75 Å². The van der Waals surface area contributed by atoms with E-state index in [1.807, 2.05) is 13.0 Å². The summed E-state index contributed by atoms with van der Waals surface area (Å²) in [6.07, 6.45) is 0.155. The van der Waals surface area contributed by atoms with Gasteiger partial charge in [-0.3, -0.25) is 14.4 Å². The van der Waals surface area contributed by atoms with Crippen molar-refractivity contribution in [2.45, 2.75) is 20.3 Å². The maximum Gasteiger partial charge on any atom is 0.229 e. The Bertz CT molecular complexity index is 908. The fourth-order valence-electron chi connectivity index (χ4n) is 3.17. The zero-order chi connectivity index (χ0) is 20.3. The van der Waals surface area contributed by atoms with E-state index in [0.717, 1.165) is 11.3 Å². The highest BCUT2D eigenvalue weighted by Crippen LogP contribution is 2.28. The quantitative estimate of drug-likeness (QED) is 0.834. The molecule has 7 heteroatoms. The Morgan fingerprint density at radius 2 is 1.82 bits per heavy atom. The molecule has 2 N–H and O–H groups in total. The van der Waals surface area contributed by atoms with E-state index in [-0.39, 0.29) is 24.1 Å². The third-order valence-electron chi connectivity index (χ3n) is 4.70. The first-order valence-electron chi connectivity index (χ1n) is 9.01. The lowest BCUT2D eigenvalue weighted by molar-refractivity contribution is -0.122. The molecular weight excluding hydrogens is 358 g/mol. The zero-order valence-corrected chi connectivity index (χ0v) is 16.1. The van der Waals surface area contributed by atoms with Crippen LogP contribution in [0.4, 0.5) is 17.1 Å². The molecule has 2 aromatic carbocycles. The molecule has 2 aromatic rings. The van der Waals surface area contributed by atoms with Gasteiger partial charge in [-0.25, -0.2) is 0 Å². The number of hydrogen-bond acceptors (Lipinski definition) is 4. The fraction of sp³-hybridized carbons (Fsp3) is 0.286. The maximum atomic E-state index is 12.7. The van der Waals surface area contributed by atoms with Crippen molar-refractivity contribution < 1.29 is 19.1 Å². The minimum Gasteiger partial charge on any atom is -0.497 e. The van der Waals surface area contributed by atoms with E-state index < -0.39 is 5.92 Å². The van der Waals surface area contributed by atoms with Crippen LogP contribution in [-0.4, -0.2) is 31.4 Å². The number of ether oxygens (including phenoxy) is 1. The molecule has 1 heterocycles. The van der Waals surface area contributed by atoms with Gasteiger partial charge in [-0.15, -0.1) is 0 Å². The molecule has 1 fully saturated rings. The first-order chi connectivity index (χ1) is 13.4. The van der Waals surface area contributed by atoms with Gasteiger partial charge in [0.05, 0.1) is 13.0 Å². The maximum absolute atomic E-state index is 12.7. The Labute approximate surface area is 163 Å². The number of nitrogens with zero attached hydrogens (tertiary/aromatic N) is 1. The number of hydrogen-bond donors (Lipinski definition) is 2. The van der Waals surface area contributed by atoms with Crippen molar-refractivity contribution in [1.82, 2.24) is 0 Å². The highest BCUT2D eigenvalue weighted by atomic mass is 16.5. The number of anilines is 3. The Hall–Kier alpha value is -3.35. The molecule has 0 radical (unpaired) electrons. The van der Waals surface area contributed by atoms with Gasteiger partial charge in [0.1, 0.15) is 5.75 Å². The normalized spacial score (nSPS) is 16.0. The Balaban J connectivity index is 1.70. The predicted octanol–water partition coefficient (Wildman–Crippen LogP) is 2.95. The molecule has 0 saturated carbocycles.